The Bertz CT molecular complexity index is 1010. The van der Waals surface area contributed by atoms with Crippen LogP contribution in [0.3, 0.4) is 0 Å². The van der Waals surface area contributed by atoms with Gasteiger partial charge in [0.15, 0.2) is 5.65 Å². The van der Waals surface area contributed by atoms with E-state index >= 15 is 0 Å². The standard InChI is InChI=1S/C18H18N6O2/c1-10-15-13(8-14(11-5-6-11)20-16(15)24(2)23-10)18(26)22-21-17(25)12-4-3-7-19-9-12/h3-4,7-9,11H,5-6H2,1-2H3,(H,21,25)(H,22,26). The minimum atomic E-state index is -0.429. The lowest BCUT2D eigenvalue weighted by molar-refractivity contribution is 0.0847. The zero-order valence-electron chi connectivity index (χ0n) is 14.5. The number of hydrogen-bond donors (Lipinski definition) is 2. The van der Waals surface area contributed by atoms with E-state index in [2.05, 4.69) is 25.9 Å². The number of aromatic nitrogens is 4. The van der Waals surface area contributed by atoms with Gasteiger partial charge in [-0.25, -0.2) is 4.98 Å². The number of pyridine rings is 2. The third-order valence-electron chi connectivity index (χ3n) is 4.44. The number of carbonyl (C=O) groups is 2. The zero-order chi connectivity index (χ0) is 18.3. The van der Waals surface area contributed by atoms with Crippen molar-refractivity contribution in [1.82, 2.24) is 30.6 Å². The first kappa shape index (κ1) is 16.2. The van der Waals surface area contributed by atoms with E-state index in [4.69, 9.17) is 0 Å². The van der Waals surface area contributed by atoms with Crippen LogP contribution in [0.5, 0.6) is 0 Å². The summed E-state index contributed by atoms with van der Waals surface area (Å²) in [7, 11) is 1.81. The van der Waals surface area contributed by atoms with Crippen molar-refractivity contribution in [2.24, 2.45) is 7.05 Å². The van der Waals surface area contributed by atoms with E-state index < -0.39 is 11.8 Å². The highest BCUT2D eigenvalue weighted by atomic mass is 16.2. The van der Waals surface area contributed by atoms with Crippen LogP contribution < -0.4 is 10.9 Å². The van der Waals surface area contributed by atoms with Crippen molar-refractivity contribution in [3.05, 3.63) is 53.1 Å². The van der Waals surface area contributed by atoms with Crippen LogP contribution in [0.2, 0.25) is 0 Å². The number of nitrogens with zero attached hydrogens (tertiary/aromatic N) is 4. The Kier molecular flexibility index (Phi) is 3.87. The molecule has 2 N–H and O–H groups in total. The lowest BCUT2D eigenvalue weighted by Gasteiger charge is -2.10. The molecular formula is C18H18N6O2. The Labute approximate surface area is 149 Å². The van der Waals surface area contributed by atoms with Crippen LogP contribution in [0.15, 0.2) is 30.6 Å². The van der Waals surface area contributed by atoms with Crippen molar-refractivity contribution < 1.29 is 9.59 Å². The fourth-order valence-electron chi connectivity index (χ4n) is 2.98. The molecule has 1 fully saturated rings. The molecule has 0 unspecified atom stereocenters. The fraction of sp³-hybridized carbons (Fsp3) is 0.278. The van der Waals surface area contributed by atoms with Gasteiger partial charge in [-0.2, -0.15) is 5.10 Å². The van der Waals surface area contributed by atoms with Gasteiger partial charge in [-0.3, -0.25) is 30.1 Å². The molecule has 0 radical (unpaired) electrons. The first-order valence-electron chi connectivity index (χ1n) is 8.39. The molecule has 0 aliphatic heterocycles. The summed E-state index contributed by atoms with van der Waals surface area (Å²) in [5, 5.41) is 5.07. The summed E-state index contributed by atoms with van der Waals surface area (Å²) >= 11 is 0. The lowest BCUT2D eigenvalue weighted by Crippen LogP contribution is -2.41. The van der Waals surface area contributed by atoms with Crippen molar-refractivity contribution in [3.63, 3.8) is 0 Å². The molecule has 8 heteroatoms. The van der Waals surface area contributed by atoms with E-state index in [-0.39, 0.29) is 0 Å². The molecule has 1 aliphatic carbocycles. The highest BCUT2D eigenvalue weighted by Gasteiger charge is 2.28. The Morgan fingerprint density at radius 1 is 1.23 bits per heavy atom. The van der Waals surface area contributed by atoms with Crippen LogP contribution >= 0.6 is 0 Å². The second kappa shape index (κ2) is 6.21. The number of amides is 2. The summed E-state index contributed by atoms with van der Waals surface area (Å²) in [5.74, 6) is -0.430. The van der Waals surface area contributed by atoms with Crippen LogP contribution in [0.25, 0.3) is 11.0 Å². The average molecular weight is 350 g/mol. The summed E-state index contributed by atoms with van der Waals surface area (Å²) in [4.78, 5) is 33.4. The van der Waals surface area contributed by atoms with Gasteiger partial charge < -0.3 is 0 Å². The Balaban J connectivity index is 1.63. The van der Waals surface area contributed by atoms with E-state index in [1.165, 1.54) is 6.20 Å². The quantitative estimate of drug-likeness (QED) is 0.699. The van der Waals surface area contributed by atoms with Crippen molar-refractivity contribution in [2.45, 2.75) is 25.7 Å². The topological polar surface area (TPSA) is 102 Å². The molecule has 1 aliphatic rings. The summed E-state index contributed by atoms with van der Waals surface area (Å²) < 4.78 is 1.68. The minimum Gasteiger partial charge on any atom is -0.267 e. The first-order chi connectivity index (χ1) is 12.5. The van der Waals surface area contributed by atoms with Gasteiger partial charge in [0, 0.05) is 31.1 Å². The predicted octanol–water partition coefficient (Wildman–Crippen LogP) is 1.62. The van der Waals surface area contributed by atoms with E-state index in [1.54, 1.807) is 29.1 Å². The van der Waals surface area contributed by atoms with Crippen molar-refractivity contribution in [1.29, 1.82) is 0 Å². The second-order valence-corrected chi connectivity index (χ2v) is 6.43. The van der Waals surface area contributed by atoms with Crippen LogP contribution in [0, 0.1) is 6.92 Å². The van der Waals surface area contributed by atoms with E-state index in [9.17, 15) is 9.59 Å². The molecule has 3 heterocycles. The van der Waals surface area contributed by atoms with Crippen molar-refractivity contribution in [2.75, 3.05) is 0 Å². The minimum absolute atomic E-state index is 0.365. The number of nitrogens with one attached hydrogen (secondary N) is 2. The summed E-state index contributed by atoms with van der Waals surface area (Å²) in [5.41, 5.74) is 8.03. The Hall–Kier alpha value is -3.29. The smallest absolute Gasteiger partial charge is 0.267 e. The van der Waals surface area contributed by atoms with Crippen molar-refractivity contribution in [3.8, 4) is 0 Å². The third-order valence-corrected chi connectivity index (χ3v) is 4.44. The summed E-state index contributed by atoms with van der Waals surface area (Å²) in [6, 6.07) is 5.08. The molecule has 0 spiro atoms. The SMILES string of the molecule is Cc1nn(C)c2nc(C3CC3)cc(C(=O)NNC(=O)c3cccnc3)c12. The van der Waals surface area contributed by atoms with Gasteiger partial charge in [0.2, 0.25) is 0 Å². The van der Waals surface area contributed by atoms with Gasteiger partial charge in [0.05, 0.1) is 22.2 Å². The lowest BCUT2D eigenvalue weighted by atomic mass is 10.1. The average Bonchev–Trinajstić information content (AvgIpc) is 3.46. The highest BCUT2D eigenvalue weighted by molar-refractivity contribution is 6.07. The van der Waals surface area contributed by atoms with E-state index in [0.717, 1.165) is 24.2 Å². The molecule has 1 saturated carbocycles. The number of rotatable bonds is 3. The third kappa shape index (κ3) is 2.90. The van der Waals surface area contributed by atoms with Crippen LogP contribution in [0.4, 0.5) is 0 Å². The van der Waals surface area contributed by atoms with Crippen LogP contribution in [0.1, 0.15) is 50.9 Å². The number of hydrogen-bond acceptors (Lipinski definition) is 5. The van der Waals surface area contributed by atoms with E-state index in [1.807, 2.05) is 14.0 Å². The molecule has 0 aromatic carbocycles. The second-order valence-electron chi connectivity index (χ2n) is 6.43. The number of fused-ring (bicyclic) bond motifs is 1. The summed E-state index contributed by atoms with van der Waals surface area (Å²) in [6.45, 7) is 1.84. The molecule has 2 amide bonds. The molecule has 3 aromatic rings. The van der Waals surface area contributed by atoms with E-state index in [0.29, 0.717) is 28.1 Å². The largest absolute Gasteiger partial charge is 0.271 e. The Morgan fingerprint density at radius 2 is 2.00 bits per heavy atom. The monoisotopic (exact) mass is 350 g/mol. The van der Waals surface area contributed by atoms with Gasteiger partial charge in [-0.15, -0.1) is 0 Å². The van der Waals surface area contributed by atoms with Gasteiger partial charge >= 0.3 is 0 Å². The number of aryl methyl sites for hydroxylation is 2. The van der Waals surface area contributed by atoms with Gasteiger partial charge in [-0.1, -0.05) is 0 Å². The molecule has 0 atom stereocenters. The fourth-order valence-corrected chi connectivity index (χ4v) is 2.98. The Morgan fingerprint density at radius 3 is 2.69 bits per heavy atom. The predicted molar refractivity (Wildman–Crippen MR) is 94.4 cm³/mol. The molecule has 3 aromatic heterocycles. The molecule has 0 bridgehead atoms. The van der Waals surface area contributed by atoms with Crippen molar-refractivity contribution >= 4 is 22.8 Å². The maximum atomic E-state index is 12.7. The maximum Gasteiger partial charge on any atom is 0.271 e. The molecule has 4 rings (SSSR count). The van der Waals surface area contributed by atoms with Crippen LogP contribution in [-0.4, -0.2) is 31.6 Å². The highest BCUT2D eigenvalue weighted by Crippen LogP contribution is 2.40. The molecule has 8 nitrogen and oxygen atoms in total. The van der Waals surface area contributed by atoms with Crippen LogP contribution in [-0.2, 0) is 7.05 Å². The van der Waals surface area contributed by atoms with Gasteiger partial charge in [-0.05, 0) is 38.0 Å². The summed E-state index contributed by atoms with van der Waals surface area (Å²) in [6.07, 6.45) is 5.17. The normalized spacial score (nSPS) is 13.6. The zero-order valence-corrected chi connectivity index (χ0v) is 14.5. The first-order valence-corrected chi connectivity index (χ1v) is 8.39. The van der Waals surface area contributed by atoms with Gasteiger partial charge in [0.25, 0.3) is 11.8 Å². The molecule has 0 saturated heterocycles. The maximum absolute atomic E-state index is 12.7. The molecule has 26 heavy (non-hydrogen) atoms. The number of hydrazine groups is 1. The molecule has 132 valence electrons. The molecular weight excluding hydrogens is 332 g/mol. The van der Waals surface area contributed by atoms with Gasteiger partial charge in [0.1, 0.15) is 0 Å². The number of carbonyl (C=O) groups excluding carboxylic acids is 2.